The van der Waals surface area contributed by atoms with Gasteiger partial charge in [0.05, 0.1) is 22.5 Å². The van der Waals surface area contributed by atoms with Gasteiger partial charge in [0.1, 0.15) is 17.3 Å². The lowest BCUT2D eigenvalue weighted by Gasteiger charge is -2.09. The number of benzene rings is 2. The third-order valence-electron chi connectivity index (χ3n) is 4.51. The molecule has 0 aliphatic heterocycles. The highest BCUT2D eigenvalue weighted by atomic mass is 19.4. The Hall–Kier alpha value is -3.49. The van der Waals surface area contributed by atoms with Gasteiger partial charge in [0.15, 0.2) is 0 Å². The van der Waals surface area contributed by atoms with Crippen LogP contribution in [0.3, 0.4) is 0 Å². The summed E-state index contributed by atoms with van der Waals surface area (Å²) in [6.45, 7) is 1.57. The maximum atomic E-state index is 14.3. The van der Waals surface area contributed by atoms with Crippen LogP contribution in [-0.4, -0.2) is 14.6 Å². The molecular formula is C20H12F5N3O. The minimum absolute atomic E-state index is 0.0409. The number of halogens is 5. The zero-order valence-corrected chi connectivity index (χ0v) is 14.8. The molecule has 4 nitrogen and oxygen atoms in total. The third kappa shape index (κ3) is 3.28. The Balaban J connectivity index is 1.92. The Kier molecular flexibility index (Phi) is 4.25. The van der Waals surface area contributed by atoms with Crippen LogP contribution in [0.25, 0.3) is 28.0 Å². The highest BCUT2D eigenvalue weighted by molar-refractivity contribution is 5.81. The second kappa shape index (κ2) is 6.54. The van der Waals surface area contributed by atoms with Crippen molar-refractivity contribution in [3.05, 3.63) is 81.8 Å². The fourth-order valence-corrected chi connectivity index (χ4v) is 3.16. The molecule has 0 spiro atoms. The molecule has 4 rings (SSSR count). The van der Waals surface area contributed by atoms with E-state index in [1.807, 2.05) is 0 Å². The molecule has 2 heterocycles. The normalized spacial score (nSPS) is 11.9. The topological polar surface area (TPSA) is 50.2 Å². The molecule has 0 saturated heterocycles. The van der Waals surface area contributed by atoms with Gasteiger partial charge in [0.2, 0.25) is 0 Å². The predicted molar refractivity (Wildman–Crippen MR) is 96.3 cm³/mol. The van der Waals surface area contributed by atoms with Crippen LogP contribution in [-0.2, 0) is 6.18 Å². The SMILES string of the molecule is Cc1nn2c(=O)cc(-c3ccc(C(F)(F)F)cc3)[nH]c2c1-c1ccc(F)cc1F. The second-order valence-corrected chi connectivity index (χ2v) is 6.44. The van der Waals surface area contributed by atoms with E-state index in [4.69, 9.17) is 0 Å². The maximum absolute atomic E-state index is 14.3. The van der Waals surface area contributed by atoms with Gasteiger partial charge in [-0.15, -0.1) is 0 Å². The minimum atomic E-state index is -4.48. The van der Waals surface area contributed by atoms with Gasteiger partial charge >= 0.3 is 6.18 Å². The van der Waals surface area contributed by atoms with Gasteiger partial charge in [-0.25, -0.2) is 8.78 Å². The summed E-state index contributed by atoms with van der Waals surface area (Å²) >= 11 is 0. The summed E-state index contributed by atoms with van der Waals surface area (Å²) in [5.74, 6) is -1.58. The number of rotatable bonds is 2. The quantitative estimate of drug-likeness (QED) is 0.479. The van der Waals surface area contributed by atoms with E-state index in [0.29, 0.717) is 11.3 Å². The molecule has 1 N–H and O–H groups in total. The van der Waals surface area contributed by atoms with Crippen LogP contribution in [0, 0.1) is 18.6 Å². The maximum Gasteiger partial charge on any atom is 0.416 e. The van der Waals surface area contributed by atoms with Crippen molar-refractivity contribution in [3.8, 4) is 22.4 Å². The molecule has 0 saturated carbocycles. The van der Waals surface area contributed by atoms with Crippen molar-refractivity contribution < 1.29 is 22.0 Å². The Morgan fingerprint density at radius 1 is 1.00 bits per heavy atom. The van der Waals surface area contributed by atoms with E-state index in [2.05, 4.69) is 10.1 Å². The van der Waals surface area contributed by atoms with E-state index in [1.54, 1.807) is 6.92 Å². The fourth-order valence-electron chi connectivity index (χ4n) is 3.16. The summed E-state index contributed by atoms with van der Waals surface area (Å²) in [5, 5.41) is 4.10. The van der Waals surface area contributed by atoms with Gasteiger partial charge in [-0.2, -0.15) is 22.8 Å². The van der Waals surface area contributed by atoms with Crippen LogP contribution in [0.5, 0.6) is 0 Å². The first-order valence-electron chi connectivity index (χ1n) is 8.41. The second-order valence-electron chi connectivity index (χ2n) is 6.44. The Morgan fingerprint density at radius 2 is 1.69 bits per heavy atom. The van der Waals surface area contributed by atoms with Crippen LogP contribution in [0.1, 0.15) is 11.3 Å². The zero-order chi connectivity index (χ0) is 20.9. The zero-order valence-electron chi connectivity index (χ0n) is 14.8. The molecule has 0 fully saturated rings. The molecular weight excluding hydrogens is 393 g/mol. The first-order valence-corrected chi connectivity index (χ1v) is 8.41. The van der Waals surface area contributed by atoms with E-state index < -0.39 is 28.9 Å². The molecule has 4 aromatic rings. The molecule has 0 aliphatic rings. The van der Waals surface area contributed by atoms with E-state index in [-0.39, 0.29) is 22.5 Å². The van der Waals surface area contributed by atoms with Crippen LogP contribution in [0.4, 0.5) is 22.0 Å². The largest absolute Gasteiger partial charge is 0.416 e. The van der Waals surface area contributed by atoms with Gasteiger partial charge in [-0.05, 0) is 36.8 Å². The molecule has 9 heteroatoms. The van der Waals surface area contributed by atoms with E-state index >= 15 is 0 Å². The predicted octanol–water partition coefficient (Wildman–Crippen LogP) is 4.96. The number of H-pyrrole nitrogens is 1. The van der Waals surface area contributed by atoms with Crippen molar-refractivity contribution in [2.75, 3.05) is 0 Å². The highest BCUT2D eigenvalue weighted by Gasteiger charge is 2.30. The van der Waals surface area contributed by atoms with E-state index in [0.717, 1.165) is 28.8 Å². The van der Waals surface area contributed by atoms with Gasteiger partial charge in [-0.3, -0.25) is 4.79 Å². The number of aromatic amines is 1. The van der Waals surface area contributed by atoms with E-state index in [1.165, 1.54) is 24.3 Å². The minimum Gasteiger partial charge on any atom is -0.339 e. The number of aromatic nitrogens is 3. The monoisotopic (exact) mass is 405 g/mol. The number of fused-ring (bicyclic) bond motifs is 1. The summed E-state index contributed by atoms with van der Waals surface area (Å²) in [4.78, 5) is 15.4. The van der Waals surface area contributed by atoms with Crippen LogP contribution in [0.15, 0.2) is 53.3 Å². The van der Waals surface area contributed by atoms with Gasteiger partial charge in [0.25, 0.3) is 5.56 Å². The number of nitrogens with zero attached hydrogens (tertiary/aromatic N) is 2. The molecule has 0 radical (unpaired) electrons. The van der Waals surface area contributed by atoms with Crippen LogP contribution < -0.4 is 5.56 Å². The van der Waals surface area contributed by atoms with Crippen molar-refractivity contribution in [2.45, 2.75) is 13.1 Å². The first kappa shape index (κ1) is 18.9. The van der Waals surface area contributed by atoms with Crippen molar-refractivity contribution in [2.24, 2.45) is 0 Å². The van der Waals surface area contributed by atoms with Crippen LogP contribution >= 0.6 is 0 Å². The summed E-state index contributed by atoms with van der Waals surface area (Å²) in [6.07, 6.45) is -4.48. The number of alkyl halides is 3. The van der Waals surface area contributed by atoms with Crippen molar-refractivity contribution in [1.82, 2.24) is 14.6 Å². The van der Waals surface area contributed by atoms with Gasteiger partial charge < -0.3 is 4.98 Å². The molecule has 148 valence electrons. The molecule has 29 heavy (non-hydrogen) atoms. The lowest BCUT2D eigenvalue weighted by molar-refractivity contribution is -0.137. The molecule has 0 amide bonds. The fraction of sp³-hybridized carbons (Fsp3) is 0.100. The number of aryl methyl sites for hydroxylation is 1. The molecule has 2 aromatic heterocycles. The smallest absolute Gasteiger partial charge is 0.339 e. The molecule has 0 bridgehead atoms. The highest BCUT2D eigenvalue weighted by Crippen LogP contribution is 2.32. The van der Waals surface area contributed by atoms with Crippen LogP contribution in [0.2, 0.25) is 0 Å². The van der Waals surface area contributed by atoms with Gasteiger partial charge in [0, 0.05) is 17.7 Å². The Morgan fingerprint density at radius 3 is 2.31 bits per heavy atom. The lowest BCUT2D eigenvalue weighted by Crippen LogP contribution is -2.14. The van der Waals surface area contributed by atoms with Crippen molar-refractivity contribution in [1.29, 1.82) is 0 Å². The Labute approximate surface area is 160 Å². The summed E-state index contributed by atoms with van der Waals surface area (Å²) in [5.41, 5.74) is -0.0253. The van der Waals surface area contributed by atoms with E-state index in [9.17, 15) is 26.7 Å². The van der Waals surface area contributed by atoms with Crippen molar-refractivity contribution >= 4 is 5.65 Å². The number of hydrogen-bond donors (Lipinski definition) is 1. The number of nitrogens with one attached hydrogen (secondary N) is 1. The first-order chi connectivity index (χ1) is 13.6. The molecule has 0 aliphatic carbocycles. The van der Waals surface area contributed by atoms with Crippen molar-refractivity contribution in [3.63, 3.8) is 0 Å². The Bertz CT molecular complexity index is 1290. The standard InChI is InChI=1S/C20H12F5N3O/c1-10-18(14-7-6-13(21)8-15(14)22)19-26-16(9-17(29)28(19)27-10)11-2-4-12(5-3-11)20(23,24)25/h2-9,26H,1H3. The summed E-state index contributed by atoms with van der Waals surface area (Å²) in [6, 6.07) is 8.48. The molecule has 0 unspecified atom stereocenters. The number of hydrogen-bond acceptors (Lipinski definition) is 2. The summed E-state index contributed by atoms with van der Waals surface area (Å²) < 4.78 is 66.9. The molecule has 0 atom stereocenters. The average Bonchev–Trinajstić information content (AvgIpc) is 2.98. The average molecular weight is 405 g/mol. The summed E-state index contributed by atoms with van der Waals surface area (Å²) in [7, 11) is 0. The third-order valence-corrected chi connectivity index (χ3v) is 4.51. The lowest BCUT2D eigenvalue weighted by atomic mass is 10.0. The van der Waals surface area contributed by atoms with Gasteiger partial charge in [-0.1, -0.05) is 12.1 Å². The molecule has 2 aromatic carbocycles.